The third-order valence-corrected chi connectivity index (χ3v) is 9.29. The van der Waals surface area contributed by atoms with Gasteiger partial charge in [0.25, 0.3) is 0 Å². The molecule has 2 heterocycles. The molecule has 3 aromatic carbocycles. The summed E-state index contributed by atoms with van der Waals surface area (Å²) in [5.74, 6) is 0.547. The van der Waals surface area contributed by atoms with Crippen LogP contribution in [0.5, 0.6) is 0 Å². The maximum atomic E-state index is 11.7. The van der Waals surface area contributed by atoms with E-state index in [0.717, 1.165) is 70.7 Å². The first kappa shape index (κ1) is 40.0. The Morgan fingerprint density at radius 1 is 0.837 bits per heavy atom. The molecule has 263 valence electrons. The molecule has 5 heteroatoms. The van der Waals surface area contributed by atoms with Crippen LogP contribution in [-0.4, -0.2) is 20.9 Å². The number of carbonyl (C=O) groups is 1. The number of aliphatic hydroxyl groups is 1. The van der Waals surface area contributed by atoms with Crippen LogP contribution in [0.2, 0.25) is 0 Å². The minimum absolute atomic E-state index is 0. The van der Waals surface area contributed by atoms with Crippen LogP contribution in [0.15, 0.2) is 78.7 Å². The van der Waals surface area contributed by atoms with E-state index < -0.39 is 0 Å². The van der Waals surface area contributed by atoms with E-state index in [1.165, 1.54) is 22.4 Å². The Morgan fingerprint density at radius 3 is 2.10 bits per heavy atom. The van der Waals surface area contributed by atoms with Crippen LogP contribution in [-0.2, 0) is 36.7 Å². The molecule has 0 spiro atoms. The summed E-state index contributed by atoms with van der Waals surface area (Å²) in [7, 11) is 0. The van der Waals surface area contributed by atoms with Gasteiger partial charge >= 0.3 is 0 Å². The van der Waals surface area contributed by atoms with Crippen LogP contribution in [0.3, 0.4) is 0 Å². The van der Waals surface area contributed by atoms with E-state index in [1.54, 1.807) is 0 Å². The number of aliphatic hydroxyl groups excluding tert-OH is 1. The van der Waals surface area contributed by atoms with Crippen molar-refractivity contribution in [2.45, 2.75) is 107 Å². The van der Waals surface area contributed by atoms with E-state index in [9.17, 15) is 9.90 Å². The summed E-state index contributed by atoms with van der Waals surface area (Å²) in [6.07, 6.45) is 7.77. The van der Waals surface area contributed by atoms with E-state index in [-0.39, 0.29) is 54.3 Å². The zero-order chi connectivity index (χ0) is 35.2. The molecule has 0 aliphatic carbocycles. The molecule has 1 radical (unpaired) electrons. The van der Waals surface area contributed by atoms with Crippen molar-refractivity contribution >= 4 is 38.2 Å². The quantitative estimate of drug-likeness (QED) is 0.0695. The van der Waals surface area contributed by atoms with E-state index >= 15 is 0 Å². The fraction of sp³-hybridized carbons (Fsp3) is 0.432. The van der Waals surface area contributed by atoms with Crippen LogP contribution in [0, 0.1) is 23.3 Å². The Labute approximate surface area is 308 Å². The molecule has 0 amide bonds. The Balaban J connectivity index is 0.000000347. The fourth-order valence-corrected chi connectivity index (χ4v) is 6.53. The van der Waals surface area contributed by atoms with Crippen LogP contribution < -0.4 is 0 Å². The topological polar surface area (TPSA) is 63.1 Å². The summed E-state index contributed by atoms with van der Waals surface area (Å²) in [5.41, 5.74) is 5.70. The third-order valence-electron chi connectivity index (χ3n) is 9.29. The van der Waals surface area contributed by atoms with Crippen molar-refractivity contribution in [1.82, 2.24) is 9.97 Å². The average Bonchev–Trinajstić information content (AvgIpc) is 3.04. The van der Waals surface area contributed by atoms with Crippen molar-refractivity contribution in [3.05, 3.63) is 96.0 Å². The van der Waals surface area contributed by atoms with Gasteiger partial charge in [-0.2, -0.15) is 0 Å². The second-order valence-corrected chi connectivity index (χ2v) is 15.3. The van der Waals surface area contributed by atoms with E-state index in [4.69, 9.17) is 9.97 Å². The molecular weight excluding hydrogens is 781 g/mol. The summed E-state index contributed by atoms with van der Waals surface area (Å²) < 4.78 is 0. The largest absolute Gasteiger partial charge is 0.512 e. The number of benzene rings is 3. The molecule has 0 fully saturated rings. The zero-order valence-electron chi connectivity index (χ0n) is 31.2. The zero-order valence-corrected chi connectivity index (χ0v) is 33.6. The Kier molecular flexibility index (Phi) is 13.9. The third kappa shape index (κ3) is 9.86. The molecule has 0 aliphatic rings. The van der Waals surface area contributed by atoms with Gasteiger partial charge in [-0.3, -0.25) is 14.8 Å². The Morgan fingerprint density at radius 2 is 1.49 bits per heavy atom. The minimum Gasteiger partial charge on any atom is -0.512 e. The van der Waals surface area contributed by atoms with Gasteiger partial charge in [-0.05, 0) is 71.9 Å². The SMILES string of the molecule is CC(C)(C)Cc1ccc2c(ccc3ccnc(-c4[c-]c5ccccc5c(C(C)(C)C)c4)c32)n1.CCC(CC)C(=O)/C=C(\O)C(CC)CC.[Ir]. The number of pyridine rings is 2. The van der Waals surface area contributed by atoms with Gasteiger partial charge in [0.05, 0.1) is 11.3 Å². The summed E-state index contributed by atoms with van der Waals surface area (Å²) in [5, 5.41) is 15.6. The summed E-state index contributed by atoms with van der Waals surface area (Å²) in [4.78, 5) is 21.6. The van der Waals surface area contributed by atoms with Gasteiger partial charge < -0.3 is 5.11 Å². The number of ketones is 1. The predicted molar refractivity (Wildman–Crippen MR) is 205 cm³/mol. The molecule has 2 aromatic heterocycles. The summed E-state index contributed by atoms with van der Waals surface area (Å²) in [6, 6.07) is 25.3. The number of nitrogens with zero attached hydrogens (tertiary/aromatic N) is 2. The molecule has 0 saturated heterocycles. The molecule has 0 aliphatic heterocycles. The van der Waals surface area contributed by atoms with Crippen molar-refractivity contribution in [2.24, 2.45) is 17.3 Å². The van der Waals surface area contributed by atoms with Gasteiger partial charge in [-0.15, -0.1) is 29.1 Å². The number of fused-ring (bicyclic) bond motifs is 4. The fourth-order valence-electron chi connectivity index (χ4n) is 6.53. The number of hydrogen-bond donors (Lipinski definition) is 1. The average molecular weight is 836 g/mol. The molecule has 5 rings (SSSR count). The van der Waals surface area contributed by atoms with Crippen molar-refractivity contribution in [3.63, 3.8) is 0 Å². The van der Waals surface area contributed by atoms with Gasteiger partial charge in [0.1, 0.15) is 0 Å². The first-order chi connectivity index (χ1) is 22.7. The van der Waals surface area contributed by atoms with Crippen LogP contribution in [0.1, 0.15) is 106 Å². The van der Waals surface area contributed by atoms with Gasteiger partial charge in [0.2, 0.25) is 0 Å². The number of hydrogen-bond acceptors (Lipinski definition) is 4. The summed E-state index contributed by atoms with van der Waals surface area (Å²) >= 11 is 0. The van der Waals surface area contributed by atoms with Crippen molar-refractivity contribution in [1.29, 1.82) is 0 Å². The molecule has 0 atom stereocenters. The number of aromatic nitrogens is 2. The van der Waals surface area contributed by atoms with Crippen molar-refractivity contribution in [3.8, 4) is 11.3 Å². The summed E-state index contributed by atoms with van der Waals surface area (Å²) in [6.45, 7) is 21.6. The molecule has 5 aromatic rings. The van der Waals surface area contributed by atoms with E-state index in [2.05, 4.69) is 108 Å². The molecule has 0 bridgehead atoms. The molecule has 1 N–H and O–H groups in total. The van der Waals surface area contributed by atoms with Gasteiger partial charge in [-0.1, -0.05) is 111 Å². The number of carbonyl (C=O) groups excluding carboxylic acids is 1. The van der Waals surface area contributed by atoms with E-state index in [1.807, 2.05) is 33.9 Å². The molecular formula is C44H55IrN2O2-. The van der Waals surface area contributed by atoms with Crippen LogP contribution in [0.4, 0.5) is 0 Å². The minimum atomic E-state index is 0. The van der Waals surface area contributed by atoms with E-state index in [0.29, 0.717) is 0 Å². The smallest absolute Gasteiger partial charge is 0.162 e. The maximum absolute atomic E-state index is 11.7. The van der Waals surface area contributed by atoms with Crippen molar-refractivity contribution < 1.29 is 30.0 Å². The molecule has 49 heavy (non-hydrogen) atoms. The Bertz CT molecular complexity index is 1900. The molecule has 0 unspecified atom stereocenters. The number of allylic oxidation sites excluding steroid dienone is 2. The molecule has 4 nitrogen and oxygen atoms in total. The second kappa shape index (κ2) is 17.0. The predicted octanol–water partition coefficient (Wildman–Crippen LogP) is 12.2. The second-order valence-electron chi connectivity index (χ2n) is 15.3. The molecule has 0 saturated carbocycles. The number of rotatable bonds is 9. The van der Waals surface area contributed by atoms with Crippen molar-refractivity contribution in [2.75, 3.05) is 0 Å². The first-order valence-electron chi connectivity index (χ1n) is 17.8. The van der Waals surface area contributed by atoms with Crippen LogP contribution in [0.25, 0.3) is 43.7 Å². The normalized spacial score (nSPS) is 12.4. The first-order valence-corrected chi connectivity index (χ1v) is 17.8. The standard InChI is InChI=1S/C31H31N2.C13H24O2.Ir/c1-30(2,3)19-23-12-13-25-27(33-23)14-11-20-15-16-32-29(28(20)25)22-17-21-9-7-8-10-24(21)26(18-22)31(4,5)6;1-5-10(6-2)12(14)9-13(15)11(7-3)8-4;/h7-16,18H,19H2,1-6H3;9-11,14H,5-8H2,1-4H3;/q-1;;/b;12-9-;. The monoisotopic (exact) mass is 836 g/mol. The van der Waals surface area contributed by atoms with Gasteiger partial charge in [0, 0.05) is 61.0 Å². The Hall–Kier alpha value is -3.40. The maximum Gasteiger partial charge on any atom is 0.162 e. The van der Waals surface area contributed by atoms with Crippen LogP contribution >= 0.6 is 0 Å². The van der Waals surface area contributed by atoms with Gasteiger partial charge in [-0.25, -0.2) is 0 Å². The van der Waals surface area contributed by atoms with Gasteiger partial charge in [0.15, 0.2) is 5.78 Å².